The summed E-state index contributed by atoms with van der Waals surface area (Å²) in [4.78, 5) is 11.0. The van der Waals surface area contributed by atoms with Crippen molar-refractivity contribution in [1.29, 1.82) is 0 Å². The molecule has 0 aliphatic heterocycles. The number of nitrogens with zero attached hydrogens (tertiary/aromatic N) is 3. The predicted octanol–water partition coefficient (Wildman–Crippen LogP) is 3.63. The van der Waals surface area contributed by atoms with Crippen molar-refractivity contribution in [2.75, 3.05) is 11.9 Å². The van der Waals surface area contributed by atoms with Crippen LogP contribution < -0.4 is 10.2 Å². The number of anilines is 1. The number of aromatic nitrogens is 2. The molecule has 2 rings (SSSR count). The number of halogens is 1. The van der Waals surface area contributed by atoms with Crippen molar-refractivity contribution < 1.29 is 0 Å². The second-order valence-electron chi connectivity index (χ2n) is 5.40. The van der Waals surface area contributed by atoms with Gasteiger partial charge in [-0.1, -0.05) is 25.4 Å². The van der Waals surface area contributed by atoms with Crippen LogP contribution >= 0.6 is 22.9 Å². The van der Waals surface area contributed by atoms with Gasteiger partial charge in [0.05, 0.1) is 22.3 Å². The summed E-state index contributed by atoms with van der Waals surface area (Å²) in [7, 11) is 1.98. The van der Waals surface area contributed by atoms with E-state index in [4.69, 9.17) is 11.6 Å². The van der Waals surface area contributed by atoms with Crippen molar-refractivity contribution in [3.63, 3.8) is 0 Å². The molecule has 0 saturated heterocycles. The van der Waals surface area contributed by atoms with Crippen LogP contribution in [0.1, 0.15) is 30.1 Å². The fraction of sp³-hybridized carbons (Fsp3) is 0.467. The monoisotopic (exact) mass is 324 g/mol. The highest BCUT2D eigenvalue weighted by atomic mass is 35.5. The normalized spacial score (nSPS) is 11.1. The molecule has 0 bridgehead atoms. The van der Waals surface area contributed by atoms with Crippen molar-refractivity contribution in [2.24, 2.45) is 0 Å². The third-order valence-electron chi connectivity index (χ3n) is 3.02. The van der Waals surface area contributed by atoms with Crippen molar-refractivity contribution >= 4 is 28.8 Å². The molecule has 0 saturated carbocycles. The minimum atomic E-state index is 0.444. The van der Waals surface area contributed by atoms with E-state index in [-0.39, 0.29) is 0 Å². The summed E-state index contributed by atoms with van der Waals surface area (Å²) in [5, 5.41) is 7.18. The third-order valence-corrected chi connectivity index (χ3v) is 4.12. The molecule has 21 heavy (non-hydrogen) atoms. The average Bonchev–Trinajstić information content (AvgIpc) is 2.81. The van der Waals surface area contributed by atoms with E-state index in [2.05, 4.69) is 34.5 Å². The van der Waals surface area contributed by atoms with Crippen LogP contribution in [0.5, 0.6) is 0 Å². The van der Waals surface area contributed by atoms with Crippen LogP contribution in [0.4, 0.5) is 5.82 Å². The van der Waals surface area contributed by atoms with Crippen LogP contribution in [-0.4, -0.2) is 23.1 Å². The van der Waals surface area contributed by atoms with Gasteiger partial charge in [-0.25, -0.2) is 9.97 Å². The van der Waals surface area contributed by atoms with Gasteiger partial charge in [-0.15, -0.1) is 11.3 Å². The molecule has 2 aromatic heterocycles. The van der Waals surface area contributed by atoms with Gasteiger partial charge >= 0.3 is 0 Å². The first-order valence-corrected chi connectivity index (χ1v) is 8.21. The molecule has 6 heteroatoms. The van der Waals surface area contributed by atoms with Gasteiger partial charge in [-0.05, 0) is 18.6 Å². The Hall–Kier alpha value is -1.17. The zero-order valence-electron chi connectivity index (χ0n) is 12.9. The molecule has 114 valence electrons. The quantitative estimate of drug-likeness (QED) is 0.881. The van der Waals surface area contributed by atoms with E-state index in [9.17, 15) is 0 Å². The van der Waals surface area contributed by atoms with Gasteiger partial charge in [0.2, 0.25) is 0 Å². The van der Waals surface area contributed by atoms with Gasteiger partial charge in [0.25, 0.3) is 0 Å². The van der Waals surface area contributed by atoms with E-state index in [0.29, 0.717) is 17.6 Å². The Labute approximate surface area is 135 Å². The highest BCUT2D eigenvalue weighted by Gasteiger charge is 2.11. The Morgan fingerprint density at radius 1 is 1.43 bits per heavy atom. The zero-order chi connectivity index (χ0) is 15.4. The summed E-state index contributed by atoms with van der Waals surface area (Å²) < 4.78 is 0. The lowest BCUT2D eigenvalue weighted by Gasteiger charge is -2.19. The van der Waals surface area contributed by atoms with E-state index in [0.717, 1.165) is 28.6 Å². The average molecular weight is 325 g/mol. The number of hydrogen-bond donors (Lipinski definition) is 1. The van der Waals surface area contributed by atoms with Crippen molar-refractivity contribution in [3.8, 4) is 0 Å². The molecule has 0 atom stereocenters. The summed E-state index contributed by atoms with van der Waals surface area (Å²) >= 11 is 8.02. The molecule has 0 aliphatic rings. The van der Waals surface area contributed by atoms with Crippen LogP contribution in [0.15, 0.2) is 17.6 Å². The molecule has 1 N–H and O–H groups in total. The van der Waals surface area contributed by atoms with Crippen molar-refractivity contribution in [2.45, 2.75) is 39.9 Å². The van der Waals surface area contributed by atoms with Crippen LogP contribution in [0.3, 0.4) is 0 Å². The molecule has 0 unspecified atom stereocenters. The molecule has 2 aromatic rings. The summed E-state index contributed by atoms with van der Waals surface area (Å²) in [6.45, 7) is 7.73. The Morgan fingerprint density at radius 3 is 2.76 bits per heavy atom. The SMILES string of the molecule is Cc1nc(CN(C)c2ncc(CNC(C)C)cc2Cl)cs1. The van der Waals surface area contributed by atoms with Crippen molar-refractivity contribution in [1.82, 2.24) is 15.3 Å². The lowest BCUT2D eigenvalue weighted by molar-refractivity contribution is 0.588. The topological polar surface area (TPSA) is 41.1 Å². The minimum absolute atomic E-state index is 0.444. The third kappa shape index (κ3) is 4.66. The highest BCUT2D eigenvalue weighted by Crippen LogP contribution is 2.24. The van der Waals surface area contributed by atoms with E-state index in [1.807, 2.05) is 31.1 Å². The molecule has 0 amide bonds. The maximum absolute atomic E-state index is 6.36. The number of pyridine rings is 1. The Morgan fingerprint density at radius 2 is 2.19 bits per heavy atom. The summed E-state index contributed by atoms with van der Waals surface area (Å²) in [6, 6.07) is 2.42. The van der Waals surface area contributed by atoms with E-state index < -0.39 is 0 Å². The fourth-order valence-electron chi connectivity index (χ4n) is 1.97. The predicted molar refractivity (Wildman–Crippen MR) is 90.2 cm³/mol. The zero-order valence-corrected chi connectivity index (χ0v) is 14.4. The van der Waals surface area contributed by atoms with Gasteiger partial charge in [0, 0.05) is 31.2 Å². The number of hydrogen-bond acceptors (Lipinski definition) is 5. The summed E-state index contributed by atoms with van der Waals surface area (Å²) in [5.74, 6) is 0.788. The second kappa shape index (κ2) is 7.20. The van der Waals surface area contributed by atoms with Gasteiger partial charge in [-0.2, -0.15) is 0 Å². The molecule has 2 heterocycles. The molecule has 0 aromatic carbocycles. The van der Waals surface area contributed by atoms with Gasteiger partial charge in [0.1, 0.15) is 5.82 Å². The highest BCUT2D eigenvalue weighted by molar-refractivity contribution is 7.09. The summed E-state index contributed by atoms with van der Waals surface area (Å²) in [6.07, 6.45) is 1.87. The molecule has 4 nitrogen and oxygen atoms in total. The molecular weight excluding hydrogens is 304 g/mol. The smallest absolute Gasteiger partial charge is 0.147 e. The first-order chi connectivity index (χ1) is 9.95. The fourth-order valence-corrected chi connectivity index (χ4v) is 2.91. The molecule has 0 fully saturated rings. The Bertz CT molecular complexity index is 597. The maximum atomic E-state index is 6.36. The van der Waals surface area contributed by atoms with Crippen LogP contribution in [0.2, 0.25) is 5.02 Å². The van der Waals surface area contributed by atoms with E-state index >= 15 is 0 Å². The van der Waals surface area contributed by atoms with Gasteiger partial charge in [-0.3, -0.25) is 0 Å². The largest absolute Gasteiger partial charge is 0.353 e. The molecule has 0 spiro atoms. The van der Waals surface area contributed by atoms with Crippen LogP contribution in [0.25, 0.3) is 0 Å². The first-order valence-electron chi connectivity index (χ1n) is 6.95. The maximum Gasteiger partial charge on any atom is 0.147 e. The molecular formula is C15H21ClN4S. The lowest BCUT2D eigenvalue weighted by Crippen LogP contribution is -2.22. The van der Waals surface area contributed by atoms with Crippen LogP contribution in [0, 0.1) is 6.92 Å². The standard InChI is InChI=1S/C15H21ClN4S/c1-10(2)17-6-12-5-14(16)15(18-7-12)20(4)8-13-9-21-11(3)19-13/h5,7,9-10,17H,6,8H2,1-4H3. The van der Waals surface area contributed by atoms with Gasteiger partial charge < -0.3 is 10.2 Å². The number of rotatable bonds is 6. The summed E-state index contributed by atoms with van der Waals surface area (Å²) in [5.41, 5.74) is 2.14. The van der Waals surface area contributed by atoms with Crippen LogP contribution in [-0.2, 0) is 13.1 Å². The Balaban J connectivity index is 2.05. The number of thiazole rings is 1. The Kier molecular flexibility index (Phi) is 5.56. The molecule has 0 radical (unpaired) electrons. The number of nitrogens with one attached hydrogen (secondary N) is 1. The van der Waals surface area contributed by atoms with Crippen molar-refractivity contribution in [3.05, 3.63) is 38.9 Å². The molecule has 0 aliphatic carbocycles. The minimum Gasteiger partial charge on any atom is -0.353 e. The first kappa shape index (κ1) is 16.2. The van der Waals surface area contributed by atoms with E-state index in [1.54, 1.807) is 11.3 Å². The second-order valence-corrected chi connectivity index (χ2v) is 6.87. The van der Waals surface area contributed by atoms with E-state index in [1.165, 1.54) is 0 Å². The van der Waals surface area contributed by atoms with Gasteiger partial charge in [0.15, 0.2) is 0 Å². The lowest BCUT2D eigenvalue weighted by atomic mass is 10.2. The number of aryl methyl sites for hydroxylation is 1.